The number of aromatic nitrogens is 3. The van der Waals surface area contributed by atoms with Gasteiger partial charge in [-0.3, -0.25) is 9.78 Å². The highest BCUT2D eigenvalue weighted by molar-refractivity contribution is 6.31. The molecule has 0 saturated heterocycles. The number of aryl methyl sites for hydroxylation is 1. The zero-order valence-electron chi connectivity index (χ0n) is 15.0. The Morgan fingerprint density at radius 2 is 2.04 bits per heavy atom. The number of pyridine rings is 1. The maximum Gasteiger partial charge on any atom is 0.314 e. The van der Waals surface area contributed by atoms with Crippen molar-refractivity contribution in [2.75, 3.05) is 0 Å². The Morgan fingerprint density at radius 1 is 1.29 bits per heavy atom. The van der Waals surface area contributed by atoms with Gasteiger partial charge in [0.05, 0.1) is 11.3 Å². The summed E-state index contributed by atoms with van der Waals surface area (Å²) in [6.07, 6.45) is -0.676. The van der Waals surface area contributed by atoms with Gasteiger partial charge < -0.3 is 4.42 Å². The fourth-order valence-electron chi connectivity index (χ4n) is 2.67. The summed E-state index contributed by atoms with van der Waals surface area (Å²) in [4.78, 5) is 17.2. The Bertz CT molecular complexity index is 1030. The van der Waals surface area contributed by atoms with Crippen molar-refractivity contribution in [3.05, 3.63) is 76.4 Å². The van der Waals surface area contributed by atoms with Crippen LogP contribution in [0, 0.1) is 0 Å². The van der Waals surface area contributed by atoms with Gasteiger partial charge in [-0.15, -0.1) is 10.2 Å². The van der Waals surface area contributed by atoms with Crippen molar-refractivity contribution in [2.24, 2.45) is 0 Å². The summed E-state index contributed by atoms with van der Waals surface area (Å²) in [5.74, 6) is -1.22. The van der Waals surface area contributed by atoms with E-state index in [0.717, 1.165) is 5.56 Å². The van der Waals surface area contributed by atoms with E-state index in [2.05, 4.69) is 21.8 Å². The van der Waals surface area contributed by atoms with Crippen LogP contribution >= 0.6 is 11.6 Å². The lowest BCUT2D eigenvalue weighted by Crippen LogP contribution is -2.10. The monoisotopic (exact) mass is 403 g/mol. The number of Topliss-reactive ketones (excluding diaryl/α,β-unsaturated/α-hetero) is 1. The molecule has 0 spiro atoms. The first-order valence-electron chi connectivity index (χ1n) is 8.47. The molecule has 0 aliphatic carbocycles. The van der Waals surface area contributed by atoms with Gasteiger partial charge in [-0.05, 0) is 29.7 Å². The second-order valence-electron chi connectivity index (χ2n) is 6.02. The van der Waals surface area contributed by atoms with Crippen LogP contribution in [0.3, 0.4) is 0 Å². The molecule has 5 nitrogen and oxygen atoms in total. The Balaban J connectivity index is 1.91. The van der Waals surface area contributed by atoms with Crippen molar-refractivity contribution in [3.8, 4) is 11.5 Å². The highest BCUT2D eigenvalue weighted by Gasteiger charge is 2.21. The van der Waals surface area contributed by atoms with Crippen molar-refractivity contribution < 1.29 is 18.0 Å². The molecule has 0 unspecified atom stereocenters. The SMILES string of the molecule is C=C(Cc1ccccc1Cl)C(=O)c1cc(-c2nnc(C(F)F)o2)cnc1CC. The number of alkyl halides is 2. The van der Waals surface area contributed by atoms with Crippen LogP contribution in [0.5, 0.6) is 0 Å². The molecule has 3 aromatic rings. The summed E-state index contributed by atoms with van der Waals surface area (Å²) in [7, 11) is 0. The predicted octanol–water partition coefficient (Wildman–Crippen LogP) is 5.27. The van der Waals surface area contributed by atoms with Crippen LogP contribution in [0.25, 0.3) is 11.5 Å². The lowest BCUT2D eigenvalue weighted by molar-refractivity contribution is 0.103. The summed E-state index contributed by atoms with van der Waals surface area (Å²) in [5.41, 5.74) is 2.27. The largest absolute Gasteiger partial charge is 0.415 e. The van der Waals surface area contributed by atoms with Crippen LogP contribution in [0.4, 0.5) is 8.78 Å². The highest BCUT2D eigenvalue weighted by Crippen LogP contribution is 2.26. The number of nitrogens with zero attached hydrogens (tertiary/aromatic N) is 3. The number of rotatable bonds is 7. The molecule has 0 atom stereocenters. The maximum atomic E-state index is 13.0. The zero-order valence-corrected chi connectivity index (χ0v) is 15.7. The minimum Gasteiger partial charge on any atom is -0.415 e. The average molecular weight is 404 g/mol. The first-order chi connectivity index (χ1) is 13.4. The molecule has 0 amide bonds. The Morgan fingerprint density at radius 3 is 2.68 bits per heavy atom. The number of hydrogen-bond donors (Lipinski definition) is 0. The Hall–Kier alpha value is -2.93. The molecule has 1 aromatic carbocycles. The van der Waals surface area contributed by atoms with Crippen LogP contribution in [-0.4, -0.2) is 21.0 Å². The third-order valence-corrected chi connectivity index (χ3v) is 4.48. The first-order valence-corrected chi connectivity index (χ1v) is 8.85. The van der Waals surface area contributed by atoms with Crippen molar-refractivity contribution in [3.63, 3.8) is 0 Å². The fraction of sp³-hybridized carbons (Fsp3) is 0.200. The van der Waals surface area contributed by atoms with Crippen LogP contribution < -0.4 is 0 Å². The van der Waals surface area contributed by atoms with Gasteiger partial charge in [-0.25, -0.2) is 0 Å². The zero-order chi connectivity index (χ0) is 20.3. The van der Waals surface area contributed by atoms with E-state index in [1.165, 1.54) is 12.3 Å². The molecular formula is C20H16ClF2N3O2. The maximum absolute atomic E-state index is 13.0. The molecule has 0 aliphatic rings. The van der Waals surface area contributed by atoms with Gasteiger partial charge in [-0.2, -0.15) is 8.78 Å². The molecule has 144 valence electrons. The molecule has 0 fully saturated rings. The molecule has 8 heteroatoms. The van der Waals surface area contributed by atoms with Crippen LogP contribution in [0.1, 0.15) is 40.9 Å². The molecule has 3 rings (SSSR count). The van der Waals surface area contributed by atoms with Gasteiger partial charge in [0.25, 0.3) is 5.89 Å². The quantitative estimate of drug-likeness (QED) is 0.397. The minimum absolute atomic E-state index is 0.129. The number of hydrogen-bond acceptors (Lipinski definition) is 5. The van der Waals surface area contributed by atoms with E-state index in [9.17, 15) is 13.6 Å². The molecule has 0 radical (unpaired) electrons. The van der Waals surface area contributed by atoms with E-state index in [1.807, 2.05) is 19.1 Å². The third-order valence-electron chi connectivity index (χ3n) is 4.11. The van der Waals surface area contributed by atoms with Crippen LogP contribution in [0.15, 0.2) is 53.1 Å². The highest BCUT2D eigenvalue weighted by atomic mass is 35.5. The average Bonchev–Trinajstić information content (AvgIpc) is 3.19. The Kier molecular flexibility index (Phi) is 5.94. The molecule has 0 bridgehead atoms. The van der Waals surface area contributed by atoms with Crippen molar-refractivity contribution >= 4 is 17.4 Å². The van der Waals surface area contributed by atoms with Gasteiger partial charge in [0, 0.05) is 23.2 Å². The number of allylic oxidation sites excluding steroid dienone is 1. The van der Waals surface area contributed by atoms with E-state index >= 15 is 0 Å². The molecule has 2 aromatic heterocycles. The molecule has 0 saturated carbocycles. The van der Waals surface area contributed by atoms with E-state index in [1.54, 1.807) is 12.1 Å². The fourth-order valence-corrected chi connectivity index (χ4v) is 2.87. The second kappa shape index (κ2) is 8.39. The van der Waals surface area contributed by atoms with Gasteiger partial charge in [0.15, 0.2) is 5.78 Å². The van der Waals surface area contributed by atoms with E-state index in [-0.39, 0.29) is 23.7 Å². The standard InChI is InChI=1S/C20H16ClF2N3O2/c1-3-16-14(17(27)11(2)8-12-6-4-5-7-15(12)21)9-13(10-24-16)19-25-26-20(28-19)18(22)23/h4-7,9-10,18H,2-3,8H2,1H3. The summed E-state index contributed by atoms with van der Waals surface area (Å²) < 4.78 is 30.3. The number of halogens is 3. The first kappa shape index (κ1) is 19.8. The smallest absolute Gasteiger partial charge is 0.314 e. The number of carbonyl (C=O) groups is 1. The number of carbonyl (C=O) groups excluding carboxylic acids is 1. The van der Waals surface area contributed by atoms with Gasteiger partial charge in [-0.1, -0.05) is 43.3 Å². The van der Waals surface area contributed by atoms with Gasteiger partial charge >= 0.3 is 6.43 Å². The van der Waals surface area contributed by atoms with Gasteiger partial charge in [0.1, 0.15) is 0 Å². The van der Waals surface area contributed by atoms with Crippen molar-refractivity contribution in [1.82, 2.24) is 15.2 Å². The van der Waals surface area contributed by atoms with E-state index in [0.29, 0.717) is 28.3 Å². The molecule has 2 heterocycles. The third kappa shape index (κ3) is 4.14. The second-order valence-corrected chi connectivity index (χ2v) is 6.43. The summed E-state index contributed by atoms with van der Waals surface area (Å²) in [6, 6.07) is 8.70. The summed E-state index contributed by atoms with van der Waals surface area (Å²) in [5, 5.41) is 7.44. The summed E-state index contributed by atoms with van der Waals surface area (Å²) in [6.45, 7) is 5.74. The van der Waals surface area contributed by atoms with Gasteiger partial charge in [0.2, 0.25) is 5.89 Å². The van der Waals surface area contributed by atoms with E-state index in [4.69, 9.17) is 16.0 Å². The number of benzene rings is 1. The molecule has 0 aliphatic heterocycles. The Labute approximate surface area is 165 Å². The topological polar surface area (TPSA) is 68.9 Å². The normalized spacial score (nSPS) is 11.0. The molecule has 0 N–H and O–H groups in total. The number of ketones is 1. The van der Waals surface area contributed by atoms with Crippen molar-refractivity contribution in [2.45, 2.75) is 26.2 Å². The van der Waals surface area contributed by atoms with Crippen molar-refractivity contribution in [1.29, 1.82) is 0 Å². The summed E-state index contributed by atoms with van der Waals surface area (Å²) >= 11 is 6.16. The van der Waals surface area contributed by atoms with Crippen LogP contribution in [-0.2, 0) is 12.8 Å². The van der Waals surface area contributed by atoms with Crippen LogP contribution in [0.2, 0.25) is 5.02 Å². The van der Waals surface area contributed by atoms with E-state index < -0.39 is 12.3 Å². The predicted molar refractivity (Wildman–Crippen MR) is 100 cm³/mol. The lowest BCUT2D eigenvalue weighted by Gasteiger charge is -2.10. The lowest BCUT2D eigenvalue weighted by atomic mass is 9.96. The molecule has 28 heavy (non-hydrogen) atoms. The molecular weight excluding hydrogens is 388 g/mol. The minimum atomic E-state index is -2.87.